The second kappa shape index (κ2) is 4.28. The number of aromatic nitrogens is 3. The zero-order valence-electron chi connectivity index (χ0n) is 7.79. The Hall–Kier alpha value is -2.30. The van der Waals surface area contributed by atoms with Crippen molar-refractivity contribution in [2.45, 2.75) is 0 Å². The minimum atomic E-state index is 0.337. The summed E-state index contributed by atoms with van der Waals surface area (Å²) in [5.41, 5.74) is 0.337. The summed E-state index contributed by atoms with van der Waals surface area (Å²) in [6.45, 7) is 0. The fraction of sp³-hybridized carbons (Fsp3) is 0. The SMILES string of the molecule is O=Cc1ccnc(Nc2ccccn2)n1. The number of anilines is 2. The molecular weight excluding hydrogens is 192 g/mol. The van der Waals surface area contributed by atoms with E-state index >= 15 is 0 Å². The average Bonchev–Trinajstić information content (AvgIpc) is 2.31. The summed E-state index contributed by atoms with van der Waals surface area (Å²) >= 11 is 0. The first-order valence-corrected chi connectivity index (χ1v) is 4.35. The lowest BCUT2D eigenvalue weighted by atomic mass is 10.4. The van der Waals surface area contributed by atoms with Crippen molar-refractivity contribution in [1.29, 1.82) is 0 Å². The van der Waals surface area contributed by atoms with Gasteiger partial charge < -0.3 is 5.32 Å². The number of hydrogen-bond acceptors (Lipinski definition) is 5. The maximum Gasteiger partial charge on any atom is 0.228 e. The minimum absolute atomic E-state index is 0.337. The van der Waals surface area contributed by atoms with E-state index in [1.54, 1.807) is 12.3 Å². The standard InChI is InChI=1S/C10H8N4O/c15-7-8-4-6-12-10(13-8)14-9-3-1-2-5-11-9/h1-7H,(H,11,12,13,14). The van der Waals surface area contributed by atoms with Gasteiger partial charge in [0.05, 0.1) is 0 Å². The molecule has 0 fully saturated rings. The molecule has 0 aromatic carbocycles. The van der Waals surface area contributed by atoms with Crippen LogP contribution in [-0.4, -0.2) is 21.2 Å². The smallest absolute Gasteiger partial charge is 0.228 e. The average molecular weight is 200 g/mol. The molecule has 0 amide bonds. The second-order valence-corrected chi connectivity index (χ2v) is 2.76. The third-order valence-corrected chi connectivity index (χ3v) is 1.70. The zero-order valence-corrected chi connectivity index (χ0v) is 7.79. The van der Waals surface area contributed by atoms with Gasteiger partial charge in [0, 0.05) is 12.4 Å². The molecule has 2 rings (SSSR count). The van der Waals surface area contributed by atoms with Crippen molar-refractivity contribution in [3.05, 3.63) is 42.4 Å². The van der Waals surface area contributed by atoms with Crippen LogP contribution in [-0.2, 0) is 0 Å². The van der Waals surface area contributed by atoms with Crippen molar-refractivity contribution in [2.75, 3.05) is 5.32 Å². The summed E-state index contributed by atoms with van der Waals surface area (Å²) in [6.07, 6.45) is 3.85. The Morgan fingerprint density at radius 3 is 2.80 bits per heavy atom. The van der Waals surface area contributed by atoms with Gasteiger partial charge in [0.15, 0.2) is 6.29 Å². The molecule has 5 heteroatoms. The highest BCUT2D eigenvalue weighted by molar-refractivity contribution is 5.72. The molecular formula is C10H8N4O. The number of aldehydes is 1. The molecule has 2 aromatic rings. The highest BCUT2D eigenvalue weighted by atomic mass is 16.1. The number of rotatable bonds is 3. The Kier molecular flexibility index (Phi) is 2.64. The quantitative estimate of drug-likeness (QED) is 0.759. The molecule has 0 aliphatic heterocycles. The third kappa shape index (κ3) is 2.34. The van der Waals surface area contributed by atoms with Crippen molar-refractivity contribution < 1.29 is 4.79 Å². The molecule has 0 saturated heterocycles. The molecule has 0 atom stereocenters. The van der Waals surface area contributed by atoms with Crippen LogP contribution < -0.4 is 5.32 Å². The lowest BCUT2D eigenvalue weighted by molar-refractivity contribution is 0.111. The first-order valence-electron chi connectivity index (χ1n) is 4.35. The van der Waals surface area contributed by atoms with Crippen LogP contribution in [0.5, 0.6) is 0 Å². The number of hydrogen-bond donors (Lipinski definition) is 1. The van der Waals surface area contributed by atoms with Gasteiger partial charge in [-0.2, -0.15) is 0 Å². The largest absolute Gasteiger partial charge is 0.309 e. The maximum atomic E-state index is 10.5. The van der Waals surface area contributed by atoms with Crippen LogP contribution in [0.25, 0.3) is 0 Å². The maximum absolute atomic E-state index is 10.5. The van der Waals surface area contributed by atoms with Gasteiger partial charge in [-0.25, -0.2) is 15.0 Å². The molecule has 0 saturated carbocycles. The number of pyridine rings is 1. The minimum Gasteiger partial charge on any atom is -0.309 e. The lowest BCUT2D eigenvalue weighted by Crippen LogP contribution is -2.00. The zero-order chi connectivity index (χ0) is 10.5. The molecule has 0 radical (unpaired) electrons. The Morgan fingerprint density at radius 1 is 1.13 bits per heavy atom. The highest BCUT2D eigenvalue weighted by Crippen LogP contribution is 2.07. The van der Waals surface area contributed by atoms with E-state index in [1.165, 1.54) is 12.3 Å². The summed E-state index contributed by atoms with van der Waals surface area (Å²) in [6, 6.07) is 6.99. The topological polar surface area (TPSA) is 67.8 Å². The van der Waals surface area contributed by atoms with Crippen molar-refractivity contribution in [2.24, 2.45) is 0 Å². The second-order valence-electron chi connectivity index (χ2n) is 2.76. The van der Waals surface area contributed by atoms with E-state index in [1.807, 2.05) is 12.1 Å². The van der Waals surface area contributed by atoms with Crippen LogP contribution in [0.1, 0.15) is 10.5 Å². The molecule has 0 spiro atoms. The van der Waals surface area contributed by atoms with E-state index in [0.717, 1.165) is 0 Å². The summed E-state index contributed by atoms with van der Waals surface area (Å²) in [4.78, 5) is 22.4. The van der Waals surface area contributed by atoms with E-state index in [9.17, 15) is 4.79 Å². The molecule has 1 N–H and O–H groups in total. The Labute approximate surface area is 86.2 Å². The normalized spacial score (nSPS) is 9.60. The van der Waals surface area contributed by atoms with E-state index < -0.39 is 0 Å². The first kappa shape index (κ1) is 9.26. The van der Waals surface area contributed by atoms with Crippen LogP contribution in [0.15, 0.2) is 36.7 Å². The molecule has 2 heterocycles. The van der Waals surface area contributed by atoms with Gasteiger partial charge in [-0.1, -0.05) is 6.07 Å². The van der Waals surface area contributed by atoms with Crippen molar-refractivity contribution in [3.63, 3.8) is 0 Å². The molecule has 15 heavy (non-hydrogen) atoms. The molecule has 74 valence electrons. The van der Waals surface area contributed by atoms with Gasteiger partial charge in [-0.05, 0) is 18.2 Å². The van der Waals surface area contributed by atoms with Gasteiger partial charge in [0.2, 0.25) is 5.95 Å². The fourth-order valence-corrected chi connectivity index (χ4v) is 1.05. The van der Waals surface area contributed by atoms with E-state index in [2.05, 4.69) is 20.3 Å². The van der Waals surface area contributed by atoms with Crippen LogP contribution in [0.4, 0.5) is 11.8 Å². The first-order chi connectivity index (χ1) is 7.38. The Bertz CT molecular complexity index is 458. The predicted octanol–water partition coefficient (Wildman–Crippen LogP) is 1.43. The number of nitrogens with one attached hydrogen (secondary N) is 1. The van der Waals surface area contributed by atoms with Gasteiger partial charge in [-0.3, -0.25) is 4.79 Å². The van der Waals surface area contributed by atoms with Gasteiger partial charge in [-0.15, -0.1) is 0 Å². The summed E-state index contributed by atoms with van der Waals surface area (Å²) in [5.74, 6) is 0.999. The van der Waals surface area contributed by atoms with Crippen LogP contribution >= 0.6 is 0 Å². The molecule has 0 aliphatic rings. The monoisotopic (exact) mass is 200 g/mol. The molecule has 0 aliphatic carbocycles. The summed E-state index contributed by atoms with van der Waals surface area (Å²) < 4.78 is 0. The van der Waals surface area contributed by atoms with Gasteiger partial charge in [0.25, 0.3) is 0 Å². The van der Waals surface area contributed by atoms with Crippen molar-refractivity contribution in [3.8, 4) is 0 Å². The van der Waals surface area contributed by atoms with Crippen LogP contribution in [0.2, 0.25) is 0 Å². The number of nitrogens with zero attached hydrogens (tertiary/aromatic N) is 3. The Balaban J connectivity index is 2.21. The molecule has 2 aromatic heterocycles. The summed E-state index contributed by atoms with van der Waals surface area (Å²) in [7, 11) is 0. The van der Waals surface area contributed by atoms with Crippen LogP contribution in [0.3, 0.4) is 0 Å². The third-order valence-electron chi connectivity index (χ3n) is 1.70. The number of carbonyl (C=O) groups excluding carboxylic acids is 1. The highest BCUT2D eigenvalue weighted by Gasteiger charge is 1.98. The van der Waals surface area contributed by atoms with Crippen LogP contribution in [0, 0.1) is 0 Å². The van der Waals surface area contributed by atoms with Gasteiger partial charge in [0.1, 0.15) is 11.5 Å². The molecule has 5 nitrogen and oxygen atoms in total. The van der Waals surface area contributed by atoms with E-state index in [0.29, 0.717) is 23.7 Å². The molecule has 0 bridgehead atoms. The van der Waals surface area contributed by atoms with E-state index in [4.69, 9.17) is 0 Å². The van der Waals surface area contributed by atoms with E-state index in [-0.39, 0.29) is 0 Å². The molecule has 0 unspecified atom stereocenters. The fourth-order valence-electron chi connectivity index (χ4n) is 1.05. The predicted molar refractivity (Wildman–Crippen MR) is 54.9 cm³/mol. The van der Waals surface area contributed by atoms with Crippen molar-refractivity contribution >= 4 is 18.1 Å². The van der Waals surface area contributed by atoms with Crippen molar-refractivity contribution in [1.82, 2.24) is 15.0 Å². The van der Waals surface area contributed by atoms with Gasteiger partial charge >= 0.3 is 0 Å². The lowest BCUT2D eigenvalue weighted by Gasteiger charge is -2.02. The summed E-state index contributed by atoms with van der Waals surface area (Å²) in [5, 5.41) is 2.89. The Morgan fingerprint density at radius 2 is 2.07 bits per heavy atom. The number of carbonyl (C=O) groups is 1.